The number of hydrogen-bond donors (Lipinski definition) is 3. The van der Waals surface area contributed by atoms with Crippen LogP contribution in [0.3, 0.4) is 0 Å². The number of carbonyl (C=O) groups excluding carboxylic acids is 3. The van der Waals surface area contributed by atoms with Gasteiger partial charge in [0, 0.05) is 19.2 Å². The van der Waals surface area contributed by atoms with Crippen molar-refractivity contribution in [1.82, 2.24) is 10.0 Å². The molecule has 3 N–H and O–H groups in total. The van der Waals surface area contributed by atoms with E-state index < -0.39 is 34.0 Å². The first-order valence-electron chi connectivity index (χ1n) is 7.95. The second kappa shape index (κ2) is 9.30. The molecule has 0 spiro atoms. The zero-order valence-electron chi connectivity index (χ0n) is 15.0. The van der Waals surface area contributed by atoms with E-state index in [1.807, 2.05) is 0 Å². The van der Waals surface area contributed by atoms with Gasteiger partial charge in [0.25, 0.3) is 5.91 Å². The molecule has 0 unspecified atom stereocenters. The molecule has 1 aromatic carbocycles. The van der Waals surface area contributed by atoms with E-state index in [1.165, 1.54) is 45.0 Å². The van der Waals surface area contributed by atoms with E-state index in [1.54, 1.807) is 6.92 Å². The monoisotopic (exact) mass is 385 g/mol. The van der Waals surface area contributed by atoms with E-state index in [2.05, 4.69) is 15.4 Å². The van der Waals surface area contributed by atoms with Crippen LogP contribution in [0.25, 0.3) is 0 Å². The Morgan fingerprint density at radius 3 is 2.19 bits per heavy atom. The summed E-state index contributed by atoms with van der Waals surface area (Å²) in [5.74, 6) is -1.62. The van der Waals surface area contributed by atoms with Crippen molar-refractivity contribution in [2.75, 3.05) is 11.9 Å². The summed E-state index contributed by atoms with van der Waals surface area (Å²) in [6.45, 7) is 6.15. The van der Waals surface area contributed by atoms with Crippen molar-refractivity contribution in [3.8, 4) is 0 Å². The Kier molecular flexibility index (Phi) is 7.72. The minimum absolute atomic E-state index is 0.0805. The predicted molar refractivity (Wildman–Crippen MR) is 94.8 cm³/mol. The number of ether oxygens (including phenoxy) is 1. The number of rotatable bonds is 8. The van der Waals surface area contributed by atoms with E-state index >= 15 is 0 Å². The summed E-state index contributed by atoms with van der Waals surface area (Å²) in [7, 11) is -3.98. The Morgan fingerprint density at radius 2 is 1.69 bits per heavy atom. The van der Waals surface area contributed by atoms with Crippen LogP contribution in [0.1, 0.15) is 27.7 Å². The van der Waals surface area contributed by atoms with Gasteiger partial charge in [0.2, 0.25) is 15.9 Å². The van der Waals surface area contributed by atoms with E-state index in [9.17, 15) is 22.8 Å². The topological polar surface area (TPSA) is 131 Å². The Hall–Kier alpha value is -2.46. The fraction of sp³-hybridized carbons (Fsp3) is 0.438. The van der Waals surface area contributed by atoms with Gasteiger partial charge in [-0.15, -0.1) is 0 Å². The molecule has 144 valence electrons. The lowest BCUT2D eigenvalue weighted by molar-refractivity contribution is -0.156. The minimum atomic E-state index is -3.98. The Bertz CT molecular complexity index is 761. The van der Waals surface area contributed by atoms with E-state index in [0.29, 0.717) is 12.2 Å². The zero-order valence-corrected chi connectivity index (χ0v) is 15.8. The highest BCUT2D eigenvalue weighted by atomic mass is 32.2. The second-order valence-corrected chi connectivity index (χ2v) is 7.24. The van der Waals surface area contributed by atoms with Crippen LogP contribution in [0, 0.1) is 0 Å². The molecule has 0 fully saturated rings. The fourth-order valence-electron chi connectivity index (χ4n) is 1.92. The Labute approximate surface area is 152 Å². The van der Waals surface area contributed by atoms with Crippen LogP contribution in [0.5, 0.6) is 0 Å². The predicted octanol–water partition coefficient (Wildman–Crippen LogP) is 0.380. The number of esters is 1. The quantitative estimate of drug-likeness (QED) is 0.555. The minimum Gasteiger partial charge on any atom is -0.451 e. The first-order chi connectivity index (χ1) is 12.1. The van der Waals surface area contributed by atoms with E-state index in [4.69, 9.17) is 4.74 Å². The molecule has 26 heavy (non-hydrogen) atoms. The van der Waals surface area contributed by atoms with Crippen LogP contribution < -0.4 is 15.4 Å². The van der Waals surface area contributed by atoms with Crippen LogP contribution in [0.4, 0.5) is 5.69 Å². The average molecular weight is 385 g/mol. The molecule has 0 aromatic heterocycles. The summed E-state index contributed by atoms with van der Waals surface area (Å²) in [5, 5.41) is 5.02. The molecule has 0 aliphatic carbocycles. The molecular weight excluding hydrogens is 362 g/mol. The van der Waals surface area contributed by atoms with E-state index in [-0.39, 0.29) is 10.8 Å². The van der Waals surface area contributed by atoms with Gasteiger partial charge in [0.15, 0.2) is 6.10 Å². The molecule has 2 amide bonds. The van der Waals surface area contributed by atoms with Gasteiger partial charge in [0.1, 0.15) is 6.04 Å². The maximum atomic E-state index is 12.3. The van der Waals surface area contributed by atoms with Crippen LogP contribution in [-0.2, 0) is 29.1 Å². The van der Waals surface area contributed by atoms with Gasteiger partial charge in [-0.1, -0.05) is 0 Å². The molecule has 0 heterocycles. The van der Waals surface area contributed by atoms with Gasteiger partial charge in [-0.25, -0.2) is 8.42 Å². The zero-order chi connectivity index (χ0) is 19.9. The third-order valence-corrected chi connectivity index (χ3v) is 4.74. The highest BCUT2D eigenvalue weighted by Gasteiger charge is 2.26. The number of carbonyl (C=O) groups is 3. The summed E-state index contributed by atoms with van der Waals surface area (Å²) < 4.78 is 31.8. The standard InChI is InChI=1S/C16H23N3O6S/c1-5-17-15(21)11(3)25-16(22)10(2)19-26(23,24)14-8-6-13(7-9-14)18-12(4)20/h6-11,19H,5H2,1-4H3,(H,17,21)(H,18,20)/t10-,11-/m0/s1. The second-order valence-electron chi connectivity index (χ2n) is 5.52. The number of nitrogens with one attached hydrogen (secondary N) is 3. The number of sulfonamides is 1. The fourth-order valence-corrected chi connectivity index (χ4v) is 3.11. The summed E-state index contributed by atoms with van der Waals surface area (Å²) in [6.07, 6.45) is -1.04. The van der Waals surface area contributed by atoms with Gasteiger partial charge in [-0.05, 0) is 45.0 Å². The van der Waals surface area contributed by atoms with Crippen LogP contribution >= 0.6 is 0 Å². The van der Waals surface area contributed by atoms with Gasteiger partial charge in [-0.3, -0.25) is 14.4 Å². The summed E-state index contributed by atoms with van der Waals surface area (Å²) in [6, 6.07) is 4.25. The third kappa shape index (κ3) is 6.45. The maximum Gasteiger partial charge on any atom is 0.324 e. The van der Waals surface area contributed by atoms with Crippen LogP contribution in [0.2, 0.25) is 0 Å². The Morgan fingerprint density at radius 1 is 1.12 bits per heavy atom. The number of anilines is 1. The lowest BCUT2D eigenvalue weighted by Gasteiger charge is -2.17. The van der Waals surface area contributed by atoms with Gasteiger partial charge < -0.3 is 15.4 Å². The molecular formula is C16H23N3O6S. The summed E-state index contributed by atoms with van der Waals surface area (Å²) in [4.78, 5) is 34.4. The SMILES string of the molecule is CCNC(=O)[C@H](C)OC(=O)[C@H](C)NS(=O)(=O)c1ccc(NC(C)=O)cc1. The highest BCUT2D eigenvalue weighted by molar-refractivity contribution is 7.89. The molecule has 0 aliphatic rings. The highest BCUT2D eigenvalue weighted by Crippen LogP contribution is 2.14. The normalized spacial score (nSPS) is 13.4. The first-order valence-corrected chi connectivity index (χ1v) is 9.43. The summed E-state index contributed by atoms with van der Waals surface area (Å²) >= 11 is 0. The first kappa shape index (κ1) is 21.6. The maximum absolute atomic E-state index is 12.3. The molecule has 1 aromatic rings. The molecule has 2 atom stereocenters. The third-order valence-electron chi connectivity index (χ3n) is 3.18. The smallest absolute Gasteiger partial charge is 0.324 e. The lowest BCUT2D eigenvalue weighted by Crippen LogP contribution is -2.43. The molecule has 0 bridgehead atoms. The van der Waals surface area contributed by atoms with E-state index in [0.717, 1.165) is 0 Å². The van der Waals surface area contributed by atoms with Crippen LogP contribution in [0.15, 0.2) is 29.2 Å². The van der Waals surface area contributed by atoms with Crippen molar-refractivity contribution >= 4 is 33.5 Å². The molecule has 0 saturated carbocycles. The lowest BCUT2D eigenvalue weighted by atomic mass is 10.3. The largest absolute Gasteiger partial charge is 0.451 e. The number of likely N-dealkylation sites (N-methyl/N-ethyl adjacent to an activating group) is 1. The van der Waals surface area contributed by atoms with Crippen molar-refractivity contribution < 1.29 is 27.5 Å². The molecule has 0 aliphatic heterocycles. The number of benzene rings is 1. The summed E-state index contributed by atoms with van der Waals surface area (Å²) in [5.41, 5.74) is 0.444. The molecule has 0 radical (unpaired) electrons. The molecule has 1 rings (SSSR count). The molecule has 0 saturated heterocycles. The van der Waals surface area contributed by atoms with Gasteiger partial charge in [0.05, 0.1) is 4.90 Å². The van der Waals surface area contributed by atoms with Crippen molar-refractivity contribution in [3.63, 3.8) is 0 Å². The van der Waals surface area contributed by atoms with Gasteiger partial charge >= 0.3 is 5.97 Å². The number of amides is 2. The van der Waals surface area contributed by atoms with Crippen molar-refractivity contribution in [3.05, 3.63) is 24.3 Å². The average Bonchev–Trinajstić information content (AvgIpc) is 2.54. The van der Waals surface area contributed by atoms with Crippen molar-refractivity contribution in [1.29, 1.82) is 0 Å². The van der Waals surface area contributed by atoms with Gasteiger partial charge in [-0.2, -0.15) is 4.72 Å². The van der Waals surface area contributed by atoms with Crippen molar-refractivity contribution in [2.24, 2.45) is 0 Å². The molecule has 9 nitrogen and oxygen atoms in total. The Balaban J connectivity index is 2.74. The molecule has 10 heteroatoms. The van der Waals surface area contributed by atoms with Crippen LogP contribution in [-0.4, -0.2) is 44.9 Å². The number of hydrogen-bond acceptors (Lipinski definition) is 6. The van der Waals surface area contributed by atoms with Crippen molar-refractivity contribution in [2.45, 2.75) is 44.7 Å².